The minimum absolute atomic E-state index is 0.146. The summed E-state index contributed by atoms with van der Waals surface area (Å²) in [5.74, 6) is 0.156. The topological polar surface area (TPSA) is 81.6 Å². The van der Waals surface area contributed by atoms with E-state index in [4.69, 9.17) is 0 Å². The summed E-state index contributed by atoms with van der Waals surface area (Å²) in [6.07, 6.45) is 5.98. The van der Waals surface area contributed by atoms with Crippen LogP contribution in [0.3, 0.4) is 0 Å². The molecule has 1 aliphatic rings. The fourth-order valence-corrected chi connectivity index (χ4v) is 2.96. The SMILES string of the molecule is CC1(NC(=O)NCC(O)c2ccc(O)cc2)CCCCCC1. The molecule has 5 nitrogen and oxygen atoms in total. The Balaban J connectivity index is 1.80. The maximum atomic E-state index is 12.0. The van der Waals surface area contributed by atoms with Gasteiger partial charge in [-0.2, -0.15) is 0 Å². The van der Waals surface area contributed by atoms with Gasteiger partial charge in [0.05, 0.1) is 6.10 Å². The van der Waals surface area contributed by atoms with Crippen LogP contribution in [0, 0.1) is 0 Å². The monoisotopic (exact) mass is 306 g/mol. The molecule has 1 aliphatic carbocycles. The number of benzene rings is 1. The summed E-state index contributed by atoms with van der Waals surface area (Å²) in [5, 5.41) is 25.1. The third kappa shape index (κ3) is 4.91. The van der Waals surface area contributed by atoms with Crippen molar-refractivity contribution in [1.29, 1.82) is 0 Å². The van der Waals surface area contributed by atoms with Crippen molar-refractivity contribution in [2.75, 3.05) is 6.54 Å². The Labute approximate surface area is 131 Å². The Bertz CT molecular complexity index is 479. The second-order valence-electron chi connectivity index (χ2n) is 6.42. The van der Waals surface area contributed by atoms with E-state index in [2.05, 4.69) is 17.6 Å². The van der Waals surface area contributed by atoms with Gasteiger partial charge in [0.15, 0.2) is 0 Å². The first-order valence-electron chi connectivity index (χ1n) is 8.01. The lowest BCUT2D eigenvalue weighted by Crippen LogP contribution is -2.50. The molecule has 1 unspecified atom stereocenters. The van der Waals surface area contributed by atoms with E-state index in [1.807, 2.05) is 0 Å². The number of hydrogen-bond donors (Lipinski definition) is 4. The van der Waals surface area contributed by atoms with E-state index in [1.165, 1.54) is 25.0 Å². The zero-order valence-corrected chi connectivity index (χ0v) is 13.1. The van der Waals surface area contributed by atoms with Crippen LogP contribution in [0.5, 0.6) is 5.75 Å². The highest BCUT2D eigenvalue weighted by atomic mass is 16.3. The third-order valence-electron chi connectivity index (χ3n) is 4.36. The van der Waals surface area contributed by atoms with Gasteiger partial charge in [-0.05, 0) is 37.5 Å². The van der Waals surface area contributed by atoms with Crippen LogP contribution in [-0.2, 0) is 0 Å². The number of carbonyl (C=O) groups is 1. The summed E-state index contributed by atoms with van der Waals surface area (Å²) in [6, 6.07) is 6.09. The predicted octanol–water partition coefficient (Wildman–Crippen LogP) is 2.84. The lowest BCUT2D eigenvalue weighted by Gasteiger charge is -2.29. The molecule has 122 valence electrons. The Hall–Kier alpha value is -1.75. The van der Waals surface area contributed by atoms with E-state index in [-0.39, 0.29) is 23.9 Å². The van der Waals surface area contributed by atoms with Gasteiger partial charge in [-0.3, -0.25) is 0 Å². The minimum atomic E-state index is -0.784. The van der Waals surface area contributed by atoms with Gasteiger partial charge in [-0.1, -0.05) is 37.8 Å². The van der Waals surface area contributed by atoms with Crippen LogP contribution in [0.1, 0.15) is 57.1 Å². The Morgan fingerprint density at radius 2 is 1.77 bits per heavy atom. The zero-order valence-electron chi connectivity index (χ0n) is 13.1. The molecule has 0 radical (unpaired) electrons. The molecule has 1 fully saturated rings. The van der Waals surface area contributed by atoms with Gasteiger partial charge in [0.25, 0.3) is 0 Å². The number of hydrogen-bond acceptors (Lipinski definition) is 3. The van der Waals surface area contributed by atoms with Crippen molar-refractivity contribution < 1.29 is 15.0 Å². The number of amides is 2. The molecule has 0 aromatic heterocycles. The molecule has 0 bridgehead atoms. The van der Waals surface area contributed by atoms with Gasteiger partial charge in [0.1, 0.15) is 5.75 Å². The smallest absolute Gasteiger partial charge is 0.315 e. The number of aliphatic hydroxyl groups excluding tert-OH is 1. The Morgan fingerprint density at radius 1 is 1.18 bits per heavy atom. The van der Waals surface area contributed by atoms with Crippen LogP contribution in [0.4, 0.5) is 4.79 Å². The number of phenols is 1. The van der Waals surface area contributed by atoms with E-state index in [9.17, 15) is 15.0 Å². The van der Waals surface area contributed by atoms with Gasteiger partial charge < -0.3 is 20.8 Å². The fraction of sp³-hybridized carbons (Fsp3) is 0.588. The Kier molecular flexibility index (Phi) is 5.66. The molecule has 22 heavy (non-hydrogen) atoms. The molecule has 1 aromatic rings. The van der Waals surface area contributed by atoms with Crippen molar-refractivity contribution in [1.82, 2.24) is 10.6 Å². The normalized spacial score (nSPS) is 19.0. The molecule has 0 saturated heterocycles. The van der Waals surface area contributed by atoms with Crippen molar-refractivity contribution in [2.45, 2.75) is 57.1 Å². The van der Waals surface area contributed by atoms with Gasteiger partial charge in [-0.15, -0.1) is 0 Å². The summed E-state index contributed by atoms with van der Waals surface area (Å²) in [6.45, 7) is 2.24. The molecule has 5 heteroatoms. The first-order valence-corrected chi connectivity index (χ1v) is 8.01. The molecule has 4 N–H and O–H groups in total. The summed E-state index contributed by atoms with van der Waals surface area (Å²) >= 11 is 0. The Morgan fingerprint density at radius 3 is 2.36 bits per heavy atom. The number of rotatable bonds is 4. The molecule has 1 saturated carbocycles. The molecule has 0 aliphatic heterocycles. The highest BCUT2D eigenvalue weighted by Gasteiger charge is 2.27. The van der Waals surface area contributed by atoms with Gasteiger partial charge >= 0.3 is 6.03 Å². The molecule has 0 spiro atoms. The predicted molar refractivity (Wildman–Crippen MR) is 85.7 cm³/mol. The summed E-state index contributed by atoms with van der Waals surface area (Å²) in [7, 11) is 0. The van der Waals surface area contributed by atoms with Crippen LogP contribution in [0.15, 0.2) is 24.3 Å². The number of urea groups is 1. The maximum Gasteiger partial charge on any atom is 0.315 e. The van der Waals surface area contributed by atoms with Gasteiger partial charge in [-0.25, -0.2) is 4.79 Å². The largest absolute Gasteiger partial charge is 0.508 e. The zero-order chi connectivity index (χ0) is 16.0. The lowest BCUT2D eigenvalue weighted by atomic mass is 9.93. The average molecular weight is 306 g/mol. The van der Waals surface area contributed by atoms with Crippen molar-refractivity contribution in [3.8, 4) is 5.75 Å². The average Bonchev–Trinajstić information content (AvgIpc) is 2.70. The summed E-state index contributed by atoms with van der Waals surface area (Å²) in [5.41, 5.74) is 0.517. The number of nitrogens with one attached hydrogen (secondary N) is 2. The molecule has 1 atom stereocenters. The van der Waals surface area contributed by atoms with Crippen molar-refractivity contribution in [3.05, 3.63) is 29.8 Å². The molecule has 0 heterocycles. The standard InChI is InChI=1S/C17H26N2O3/c1-17(10-4-2-3-5-11-17)19-16(22)18-12-15(21)13-6-8-14(20)9-7-13/h6-9,15,20-21H,2-5,10-12H2,1H3,(H2,18,19,22). The second-order valence-corrected chi connectivity index (χ2v) is 6.42. The highest BCUT2D eigenvalue weighted by Crippen LogP contribution is 2.26. The molecule has 2 rings (SSSR count). The molecule has 2 amide bonds. The van der Waals surface area contributed by atoms with Crippen LogP contribution < -0.4 is 10.6 Å². The maximum absolute atomic E-state index is 12.0. The molecule has 1 aromatic carbocycles. The highest BCUT2D eigenvalue weighted by molar-refractivity contribution is 5.74. The van der Waals surface area contributed by atoms with Gasteiger partial charge in [0.2, 0.25) is 0 Å². The van der Waals surface area contributed by atoms with E-state index in [0.29, 0.717) is 5.56 Å². The number of aromatic hydroxyl groups is 1. The number of aliphatic hydroxyl groups is 1. The number of phenolic OH excluding ortho intramolecular Hbond substituents is 1. The van der Waals surface area contributed by atoms with Crippen molar-refractivity contribution >= 4 is 6.03 Å². The second kappa shape index (κ2) is 7.49. The molecular formula is C17H26N2O3. The van der Waals surface area contributed by atoms with E-state index < -0.39 is 6.10 Å². The van der Waals surface area contributed by atoms with E-state index in [1.54, 1.807) is 12.1 Å². The van der Waals surface area contributed by atoms with Crippen LogP contribution in [0.2, 0.25) is 0 Å². The van der Waals surface area contributed by atoms with Crippen LogP contribution in [-0.4, -0.2) is 28.3 Å². The van der Waals surface area contributed by atoms with Crippen molar-refractivity contribution in [2.24, 2.45) is 0 Å². The molecular weight excluding hydrogens is 280 g/mol. The first-order chi connectivity index (χ1) is 10.5. The summed E-state index contributed by atoms with van der Waals surface area (Å²) in [4.78, 5) is 12.0. The minimum Gasteiger partial charge on any atom is -0.508 e. The number of carbonyl (C=O) groups excluding carboxylic acids is 1. The van der Waals surface area contributed by atoms with Crippen LogP contribution in [0.25, 0.3) is 0 Å². The van der Waals surface area contributed by atoms with Gasteiger partial charge in [0, 0.05) is 12.1 Å². The summed E-state index contributed by atoms with van der Waals surface area (Å²) < 4.78 is 0. The fourth-order valence-electron chi connectivity index (χ4n) is 2.96. The quantitative estimate of drug-likeness (QED) is 0.646. The van der Waals surface area contributed by atoms with E-state index >= 15 is 0 Å². The van der Waals surface area contributed by atoms with E-state index in [0.717, 1.165) is 25.7 Å². The first kappa shape index (κ1) is 16.6. The lowest BCUT2D eigenvalue weighted by molar-refractivity contribution is 0.170. The van der Waals surface area contributed by atoms with Crippen LogP contribution >= 0.6 is 0 Å². The third-order valence-corrected chi connectivity index (χ3v) is 4.36. The van der Waals surface area contributed by atoms with Crippen molar-refractivity contribution in [3.63, 3.8) is 0 Å².